The number of rotatable bonds is 4. The molecule has 1 aliphatic heterocycles. The van der Waals surface area contributed by atoms with Crippen molar-refractivity contribution in [1.29, 1.82) is 0 Å². The zero-order valence-corrected chi connectivity index (χ0v) is 16.7. The first-order valence-electron chi connectivity index (χ1n) is 9.79. The number of carbonyl (C=O) groups excluding carboxylic acids is 1. The molecule has 4 rings (SSSR count). The van der Waals surface area contributed by atoms with E-state index in [9.17, 15) is 4.79 Å². The van der Waals surface area contributed by atoms with Gasteiger partial charge in [-0.2, -0.15) is 5.10 Å². The van der Waals surface area contributed by atoms with Crippen molar-refractivity contribution >= 4 is 16.9 Å². The van der Waals surface area contributed by atoms with Crippen molar-refractivity contribution in [3.8, 4) is 0 Å². The fourth-order valence-electron chi connectivity index (χ4n) is 3.66. The highest BCUT2D eigenvalue weighted by atomic mass is 16.5. The van der Waals surface area contributed by atoms with Crippen LogP contribution in [0.1, 0.15) is 35.4 Å². The maximum absolute atomic E-state index is 12.7. The highest BCUT2D eigenvalue weighted by Crippen LogP contribution is 2.23. The SMILES string of the molecule is CCn1cc(C2CN(C(=O)NCc3ccc4[nH]c(C)c(C)c4c3)CCO2)cn1. The fourth-order valence-corrected chi connectivity index (χ4v) is 3.66. The van der Waals surface area contributed by atoms with Crippen molar-refractivity contribution < 1.29 is 9.53 Å². The number of hydrogen-bond donors (Lipinski definition) is 2. The maximum Gasteiger partial charge on any atom is 0.317 e. The van der Waals surface area contributed by atoms with Gasteiger partial charge in [0.1, 0.15) is 6.10 Å². The molecule has 0 bridgehead atoms. The molecule has 3 heterocycles. The van der Waals surface area contributed by atoms with Gasteiger partial charge < -0.3 is 19.9 Å². The maximum atomic E-state index is 12.7. The monoisotopic (exact) mass is 381 g/mol. The molecule has 1 fully saturated rings. The first-order chi connectivity index (χ1) is 13.5. The number of hydrogen-bond acceptors (Lipinski definition) is 3. The molecule has 1 unspecified atom stereocenters. The average Bonchev–Trinajstić information content (AvgIpc) is 3.31. The lowest BCUT2D eigenvalue weighted by Gasteiger charge is -2.32. The Kier molecular flexibility index (Phi) is 5.09. The predicted octanol–water partition coefficient (Wildman–Crippen LogP) is 3.28. The molecule has 0 radical (unpaired) electrons. The number of aromatic nitrogens is 3. The quantitative estimate of drug-likeness (QED) is 0.728. The summed E-state index contributed by atoms with van der Waals surface area (Å²) in [6.45, 7) is 9.24. The summed E-state index contributed by atoms with van der Waals surface area (Å²) >= 11 is 0. The van der Waals surface area contributed by atoms with Crippen LogP contribution >= 0.6 is 0 Å². The van der Waals surface area contributed by atoms with Crippen molar-refractivity contribution in [2.24, 2.45) is 0 Å². The van der Waals surface area contributed by atoms with E-state index in [4.69, 9.17) is 4.74 Å². The van der Waals surface area contributed by atoms with E-state index in [1.54, 1.807) is 0 Å². The lowest BCUT2D eigenvalue weighted by Crippen LogP contribution is -2.46. The topological polar surface area (TPSA) is 75.2 Å². The highest BCUT2D eigenvalue weighted by Gasteiger charge is 2.26. The van der Waals surface area contributed by atoms with Crippen LogP contribution in [0.2, 0.25) is 0 Å². The number of H-pyrrole nitrogens is 1. The first kappa shape index (κ1) is 18.6. The van der Waals surface area contributed by atoms with E-state index < -0.39 is 0 Å². The van der Waals surface area contributed by atoms with Crippen LogP contribution in [0.15, 0.2) is 30.6 Å². The van der Waals surface area contributed by atoms with Crippen molar-refractivity contribution in [3.63, 3.8) is 0 Å². The summed E-state index contributed by atoms with van der Waals surface area (Å²) in [5, 5.41) is 8.56. The number of benzene rings is 1. The minimum absolute atomic E-state index is 0.0572. The molecule has 1 saturated heterocycles. The summed E-state index contributed by atoms with van der Waals surface area (Å²) in [5.41, 5.74) is 5.68. The Morgan fingerprint density at radius 3 is 3.04 bits per heavy atom. The highest BCUT2D eigenvalue weighted by molar-refractivity contribution is 5.85. The van der Waals surface area contributed by atoms with E-state index in [2.05, 4.69) is 47.4 Å². The molecule has 3 aromatic rings. The van der Waals surface area contributed by atoms with Crippen LogP contribution in [-0.2, 0) is 17.8 Å². The smallest absolute Gasteiger partial charge is 0.317 e. The molecule has 2 N–H and O–H groups in total. The van der Waals surface area contributed by atoms with Gasteiger partial charge in [-0.3, -0.25) is 4.68 Å². The molecule has 7 nitrogen and oxygen atoms in total. The van der Waals surface area contributed by atoms with Crippen LogP contribution in [-0.4, -0.2) is 45.4 Å². The molecule has 1 aliphatic rings. The van der Waals surface area contributed by atoms with Crippen molar-refractivity contribution in [2.45, 2.75) is 40.0 Å². The zero-order chi connectivity index (χ0) is 19.7. The third-order valence-corrected chi connectivity index (χ3v) is 5.52. The van der Waals surface area contributed by atoms with E-state index in [0.29, 0.717) is 26.2 Å². The zero-order valence-electron chi connectivity index (χ0n) is 16.7. The normalized spacial score (nSPS) is 17.2. The van der Waals surface area contributed by atoms with E-state index in [0.717, 1.165) is 23.2 Å². The van der Waals surface area contributed by atoms with E-state index in [1.807, 2.05) is 28.9 Å². The van der Waals surface area contributed by atoms with Crippen LogP contribution in [0.3, 0.4) is 0 Å². The second kappa shape index (κ2) is 7.67. The summed E-state index contributed by atoms with van der Waals surface area (Å²) < 4.78 is 7.72. The summed E-state index contributed by atoms with van der Waals surface area (Å²) in [6.07, 6.45) is 3.69. The van der Waals surface area contributed by atoms with Gasteiger partial charge in [0, 0.05) is 48.0 Å². The molecule has 1 aromatic carbocycles. The van der Waals surface area contributed by atoms with Gasteiger partial charge in [-0.1, -0.05) is 6.07 Å². The lowest BCUT2D eigenvalue weighted by atomic mass is 10.1. The molecule has 1 atom stereocenters. The Labute approximate surface area is 164 Å². The number of fused-ring (bicyclic) bond motifs is 1. The van der Waals surface area contributed by atoms with Gasteiger partial charge in [0.15, 0.2) is 0 Å². The molecular formula is C21H27N5O2. The van der Waals surface area contributed by atoms with Crippen molar-refractivity contribution in [2.75, 3.05) is 19.7 Å². The number of aryl methyl sites for hydroxylation is 3. The van der Waals surface area contributed by atoms with Crippen LogP contribution in [0.4, 0.5) is 4.79 Å². The molecule has 7 heteroatoms. The van der Waals surface area contributed by atoms with E-state index >= 15 is 0 Å². The van der Waals surface area contributed by atoms with Crippen LogP contribution < -0.4 is 5.32 Å². The standard InChI is InChI=1S/C21H27N5O2/c1-4-26-12-17(11-23-26)20-13-25(7-8-28-20)21(27)22-10-16-5-6-19-18(9-16)14(2)15(3)24-19/h5-6,9,11-12,20,24H,4,7-8,10,13H2,1-3H3,(H,22,27). The number of carbonyl (C=O) groups is 1. The second-order valence-corrected chi connectivity index (χ2v) is 7.35. The van der Waals surface area contributed by atoms with Gasteiger partial charge in [0.05, 0.1) is 19.3 Å². The number of nitrogens with one attached hydrogen (secondary N) is 2. The Morgan fingerprint density at radius 1 is 1.39 bits per heavy atom. The van der Waals surface area contributed by atoms with Gasteiger partial charge in [-0.25, -0.2) is 4.79 Å². The second-order valence-electron chi connectivity index (χ2n) is 7.35. The number of morpholine rings is 1. The molecule has 0 saturated carbocycles. The Bertz CT molecular complexity index is 990. The largest absolute Gasteiger partial charge is 0.370 e. The summed E-state index contributed by atoms with van der Waals surface area (Å²) in [7, 11) is 0. The Hall–Kier alpha value is -2.80. The van der Waals surface area contributed by atoms with Crippen LogP contribution in [0.25, 0.3) is 10.9 Å². The molecule has 148 valence electrons. The molecule has 2 aromatic heterocycles. The van der Waals surface area contributed by atoms with Gasteiger partial charge >= 0.3 is 6.03 Å². The average molecular weight is 381 g/mol. The van der Waals surface area contributed by atoms with E-state index in [1.165, 1.54) is 16.6 Å². The van der Waals surface area contributed by atoms with Crippen molar-refractivity contribution in [3.05, 3.63) is 53.0 Å². The first-order valence-corrected chi connectivity index (χ1v) is 9.79. The van der Waals surface area contributed by atoms with Crippen LogP contribution in [0, 0.1) is 13.8 Å². The predicted molar refractivity (Wildman–Crippen MR) is 108 cm³/mol. The van der Waals surface area contributed by atoms with Crippen molar-refractivity contribution in [1.82, 2.24) is 25.0 Å². The van der Waals surface area contributed by atoms with Gasteiger partial charge in [0.2, 0.25) is 0 Å². The summed E-state index contributed by atoms with van der Waals surface area (Å²) in [5.74, 6) is 0. The summed E-state index contributed by atoms with van der Waals surface area (Å²) in [4.78, 5) is 17.9. The molecule has 28 heavy (non-hydrogen) atoms. The minimum Gasteiger partial charge on any atom is -0.370 e. The van der Waals surface area contributed by atoms with Gasteiger partial charge in [-0.15, -0.1) is 0 Å². The van der Waals surface area contributed by atoms with E-state index in [-0.39, 0.29) is 12.1 Å². The molecule has 0 spiro atoms. The van der Waals surface area contributed by atoms with Crippen LogP contribution in [0.5, 0.6) is 0 Å². The minimum atomic E-state index is -0.123. The molecule has 2 amide bonds. The Morgan fingerprint density at radius 2 is 2.25 bits per heavy atom. The third-order valence-electron chi connectivity index (χ3n) is 5.52. The van der Waals surface area contributed by atoms with Gasteiger partial charge in [0.25, 0.3) is 0 Å². The number of aromatic amines is 1. The third kappa shape index (κ3) is 3.62. The Balaban J connectivity index is 1.38. The lowest BCUT2D eigenvalue weighted by molar-refractivity contribution is -0.0155. The molecule has 0 aliphatic carbocycles. The fraction of sp³-hybridized carbons (Fsp3) is 0.429. The molecular weight excluding hydrogens is 354 g/mol. The number of ether oxygens (including phenoxy) is 1. The number of amides is 2. The summed E-state index contributed by atoms with van der Waals surface area (Å²) in [6, 6.07) is 6.22. The number of nitrogens with zero attached hydrogens (tertiary/aromatic N) is 3. The number of urea groups is 1. The van der Waals surface area contributed by atoms with Gasteiger partial charge in [-0.05, 0) is 44.0 Å².